The molecule has 4 aliphatic heterocycles. The molecule has 0 aliphatic carbocycles. The number of benzene rings is 1. The van der Waals surface area contributed by atoms with Gasteiger partial charge in [0, 0.05) is 53.7 Å². The number of hydrogen-bond donors (Lipinski definition) is 1. The van der Waals surface area contributed by atoms with Crippen LogP contribution in [0.1, 0.15) is 59.9 Å². The van der Waals surface area contributed by atoms with E-state index in [9.17, 15) is 4.79 Å². The van der Waals surface area contributed by atoms with Crippen molar-refractivity contribution in [1.82, 2.24) is 14.9 Å². The lowest BCUT2D eigenvalue weighted by Crippen LogP contribution is -2.57. The fourth-order valence-corrected chi connectivity index (χ4v) is 6.56. The molecule has 2 bridgehead atoms. The van der Waals surface area contributed by atoms with Crippen LogP contribution >= 0.6 is 0 Å². The first-order valence-electron chi connectivity index (χ1n) is 13.7. The molecule has 1 amide bonds. The van der Waals surface area contributed by atoms with E-state index >= 15 is 0 Å². The average molecular weight is 521 g/mol. The Kier molecular flexibility index (Phi) is 5.71. The van der Waals surface area contributed by atoms with E-state index in [2.05, 4.69) is 72.2 Å². The Labute approximate surface area is 225 Å². The number of fused-ring (bicyclic) bond motifs is 5. The van der Waals surface area contributed by atoms with Gasteiger partial charge in [0.1, 0.15) is 11.4 Å². The minimum absolute atomic E-state index is 0.130. The Balaban J connectivity index is 1.26. The molecule has 6 rings (SSSR count). The van der Waals surface area contributed by atoms with Gasteiger partial charge in [0.25, 0.3) is 0 Å². The molecule has 0 saturated carbocycles. The van der Waals surface area contributed by atoms with Crippen molar-refractivity contribution in [2.75, 3.05) is 41.9 Å². The number of aromatic nitrogens is 2. The largest absolute Gasteiger partial charge is 0.443 e. The molecule has 38 heavy (non-hydrogen) atoms. The number of nitrogens with zero attached hydrogens (tertiary/aromatic N) is 5. The first-order chi connectivity index (χ1) is 17.8. The van der Waals surface area contributed by atoms with Crippen LogP contribution < -0.4 is 15.1 Å². The van der Waals surface area contributed by atoms with E-state index in [1.54, 1.807) is 4.90 Å². The first-order valence-corrected chi connectivity index (χ1v) is 13.7. The standard InChI is InChI=1S/C29H40N6O3/c1-27(2,3)38-26(36)35-23-13-28(4,5)37-17-29(23,6)22-14-30-25(32-24(22)35)31-18-8-10-19(11-9-18)34-16-20-12-21(34)15-33(20)7/h8-11,14,20-21,23H,12-13,15-17H2,1-7H3,(H,30,31,32)/t20-,21-,23+,29+/m0/s1. The zero-order valence-corrected chi connectivity index (χ0v) is 23.6. The number of piperazine rings is 1. The van der Waals surface area contributed by atoms with Gasteiger partial charge in [-0.3, -0.25) is 9.80 Å². The number of nitrogens with one attached hydrogen (secondary N) is 1. The second kappa shape index (κ2) is 8.55. The summed E-state index contributed by atoms with van der Waals surface area (Å²) < 4.78 is 12.1. The Hall–Kier alpha value is -2.91. The third-order valence-electron chi connectivity index (χ3n) is 8.67. The van der Waals surface area contributed by atoms with Crippen LogP contribution in [0.2, 0.25) is 0 Å². The predicted molar refractivity (Wildman–Crippen MR) is 148 cm³/mol. The maximum atomic E-state index is 13.5. The van der Waals surface area contributed by atoms with Crippen LogP contribution in [-0.4, -0.2) is 77.0 Å². The molecule has 204 valence electrons. The monoisotopic (exact) mass is 520 g/mol. The molecule has 0 radical (unpaired) electrons. The maximum absolute atomic E-state index is 13.5. The summed E-state index contributed by atoms with van der Waals surface area (Å²) in [5.41, 5.74) is 1.69. The van der Waals surface area contributed by atoms with E-state index in [-0.39, 0.29) is 17.7 Å². The van der Waals surface area contributed by atoms with Crippen LogP contribution in [-0.2, 0) is 14.9 Å². The number of carbonyl (C=O) groups is 1. The van der Waals surface area contributed by atoms with Crippen molar-refractivity contribution in [3.05, 3.63) is 36.0 Å². The molecule has 5 heterocycles. The number of likely N-dealkylation sites (N-methyl/N-ethyl adjacent to an activating group) is 1. The average Bonchev–Trinajstić information content (AvgIpc) is 3.47. The molecule has 3 saturated heterocycles. The summed E-state index contributed by atoms with van der Waals surface area (Å²) in [7, 11) is 2.22. The van der Waals surface area contributed by atoms with E-state index in [1.807, 2.05) is 27.0 Å². The Morgan fingerprint density at radius 3 is 2.50 bits per heavy atom. The summed E-state index contributed by atoms with van der Waals surface area (Å²) in [6, 6.07) is 9.61. The van der Waals surface area contributed by atoms with Crippen molar-refractivity contribution >= 4 is 29.2 Å². The van der Waals surface area contributed by atoms with Gasteiger partial charge in [-0.2, -0.15) is 4.98 Å². The van der Waals surface area contributed by atoms with Crippen LogP contribution in [0, 0.1) is 0 Å². The lowest BCUT2D eigenvalue weighted by atomic mass is 9.74. The Bertz CT molecular complexity index is 1240. The summed E-state index contributed by atoms with van der Waals surface area (Å²) in [5.74, 6) is 1.05. The zero-order chi connectivity index (χ0) is 27.0. The molecule has 4 atom stereocenters. The molecule has 0 unspecified atom stereocenters. The molecule has 1 N–H and O–H groups in total. The highest BCUT2D eigenvalue weighted by Gasteiger charge is 2.57. The number of anilines is 4. The Morgan fingerprint density at radius 1 is 1.13 bits per heavy atom. The highest BCUT2D eigenvalue weighted by atomic mass is 16.6. The van der Waals surface area contributed by atoms with E-state index in [0.717, 1.165) is 24.3 Å². The fraction of sp³-hybridized carbons (Fsp3) is 0.621. The number of likely N-dealkylation sites (tertiary alicyclic amines) is 1. The molecule has 0 spiro atoms. The normalized spacial score (nSPS) is 29.8. The van der Waals surface area contributed by atoms with Crippen molar-refractivity contribution in [3.8, 4) is 0 Å². The molecule has 9 heteroatoms. The van der Waals surface area contributed by atoms with Crippen LogP contribution in [0.5, 0.6) is 0 Å². The predicted octanol–water partition coefficient (Wildman–Crippen LogP) is 4.69. The molecule has 3 fully saturated rings. The number of ether oxygens (including phenoxy) is 2. The first kappa shape index (κ1) is 25.4. The van der Waals surface area contributed by atoms with Crippen molar-refractivity contribution in [3.63, 3.8) is 0 Å². The summed E-state index contributed by atoms with van der Waals surface area (Å²) >= 11 is 0. The third-order valence-corrected chi connectivity index (χ3v) is 8.67. The zero-order valence-electron chi connectivity index (χ0n) is 23.6. The van der Waals surface area contributed by atoms with Crippen molar-refractivity contribution in [1.29, 1.82) is 0 Å². The molecule has 1 aromatic heterocycles. The molecule has 2 aromatic rings. The van der Waals surface area contributed by atoms with Crippen LogP contribution in [0.15, 0.2) is 30.5 Å². The fourth-order valence-electron chi connectivity index (χ4n) is 6.56. The van der Waals surface area contributed by atoms with Gasteiger partial charge in [0.05, 0.1) is 18.2 Å². The summed E-state index contributed by atoms with van der Waals surface area (Å²) in [5, 5.41) is 3.35. The quantitative estimate of drug-likeness (QED) is 0.624. The summed E-state index contributed by atoms with van der Waals surface area (Å²) in [4.78, 5) is 29.8. The van der Waals surface area contributed by atoms with E-state index in [4.69, 9.17) is 14.5 Å². The second-order valence-corrected chi connectivity index (χ2v) is 13.3. The van der Waals surface area contributed by atoms with E-state index in [0.29, 0.717) is 36.9 Å². The minimum atomic E-state index is -0.614. The van der Waals surface area contributed by atoms with Crippen LogP contribution in [0.4, 0.5) is 27.9 Å². The highest BCUT2D eigenvalue weighted by molar-refractivity contribution is 5.91. The van der Waals surface area contributed by atoms with Crippen LogP contribution in [0.25, 0.3) is 0 Å². The van der Waals surface area contributed by atoms with Crippen LogP contribution in [0.3, 0.4) is 0 Å². The maximum Gasteiger partial charge on any atom is 0.416 e. The number of rotatable bonds is 3. The van der Waals surface area contributed by atoms with Gasteiger partial charge in [-0.25, -0.2) is 9.78 Å². The van der Waals surface area contributed by atoms with Gasteiger partial charge in [0.2, 0.25) is 5.95 Å². The van der Waals surface area contributed by atoms with Crippen molar-refractivity contribution in [2.24, 2.45) is 0 Å². The summed E-state index contributed by atoms with van der Waals surface area (Å²) in [6.07, 6.45) is 3.38. The molecular formula is C29H40N6O3. The lowest BCUT2D eigenvalue weighted by Gasteiger charge is -2.45. The second-order valence-electron chi connectivity index (χ2n) is 13.3. The van der Waals surface area contributed by atoms with Gasteiger partial charge < -0.3 is 19.7 Å². The van der Waals surface area contributed by atoms with Crippen molar-refractivity contribution < 1.29 is 14.3 Å². The summed E-state index contributed by atoms with van der Waals surface area (Å²) in [6.45, 7) is 14.6. The Morgan fingerprint density at radius 2 is 1.87 bits per heavy atom. The van der Waals surface area contributed by atoms with E-state index in [1.165, 1.54) is 12.1 Å². The smallest absolute Gasteiger partial charge is 0.416 e. The molecule has 4 aliphatic rings. The number of amides is 1. The van der Waals surface area contributed by atoms with Crippen molar-refractivity contribution in [2.45, 2.75) is 89.1 Å². The molecule has 9 nitrogen and oxygen atoms in total. The lowest BCUT2D eigenvalue weighted by molar-refractivity contribution is -0.0904. The number of hydrogen-bond acceptors (Lipinski definition) is 8. The van der Waals surface area contributed by atoms with Gasteiger partial charge in [0.15, 0.2) is 0 Å². The number of carbonyl (C=O) groups excluding carboxylic acids is 1. The van der Waals surface area contributed by atoms with Gasteiger partial charge >= 0.3 is 6.09 Å². The van der Waals surface area contributed by atoms with E-state index < -0.39 is 11.0 Å². The van der Waals surface area contributed by atoms with Gasteiger partial charge in [-0.1, -0.05) is 6.92 Å². The third kappa shape index (κ3) is 4.29. The molecular weight excluding hydrogens is 480 g/mol. The SMILES string of the molecule is CN1C[C@@H]2C[C@H]1CN2c1ccc(Nc2ncc3c(n2)N(C(=O)OC(C)(C)C)[C@@H]2CC(C)(C)OC[C@]32C)cc1. The van der Waals surface area contributed by atoms with Gasteiger partial charge in [-0.05, 0) is 78.8 Å². The topological polar surface area (TPSA) is 83.1 Å². The minimum Gasteiger partial charge on any atom is -0.443 e. The van der Waals surface area contributed by atoms with Gasteiger partial charge in [-0.15, -0.1) is 0 Å². The molecule has 1 aromatic carbocycles. The highest BCUT2D eigenvalue weighted by Crippen LogP contribution is 2.51.